The lowest BCUT2D eigenvalue weighted by Gasteiger charge is -2.39. The van der Waals surface area contributed by atoms with Gasteiger partial charge in [-0.15, -0.1) is 0 Å². The first-order valence-corrected chi connectivity index (χ1v) is 5.88. The predicted octanol–water partition coefficient (Wildman–Crippen LogP) is 1.33. The van der Waals surface area contributed by atoms with Crippen molar-refractivity contribution in [1.82, 2.24) is 10.2 Å². The molecule has 1 rings (SSSR count). The van der Waals surface area contributed by atoms with E-state index in [9.17, 15) is 4.79 Å². The summed E-state index contributed by atoms with van der Waals surface area (Å²) >= 11 is 0. The number of likely N-dealkylation sites (tertiary alicyclic amines) is 1. The quantitative estimate of drug-likeness (QED) is 0.587. The fraction of sp³-hybridized carbons (Fsp3) is 0.667. The maximum atomic E-state index is 11.6. The molecule has 1 aliphatic rings. The number of hydrogen-bond donors (Lipinski definition) is 2. The van der Waals surface area contributed by atoms with Crippen LogP contribution in [0, 0.1) is 5.41 Å². The SMILES string of the molecule is CN/C=C(\C=N)OC1CN(C(=O)OC(C)(C)C)C1. The van der Waals surface area contributed by atoms with Gasteiger partial charge in [0.25, 0.3) is 0 Å². The fourth-order valence-corrected chi connectivity index (χ4v) is 1.43. The minimum atomic E-state index is -0.477. The monoisotopic (exact) mass is 255 g/mol. The maximum Gasteiger partial charge on any atom is 0.410 e. The average molecular weight is 255 g/mol. The topological polar surface area (TPSA) is 74.7 Å². The van der Waals surface area contributed by atoms with E-state index in [4.69, 9.17) is 14.9 Å². The Morgan fingerprint density at radius 3 is 2.50 bits per heavy atom. The summed E-state index contributed by atoms with van der Waals surface area (Å²) in [5.74, 6) is 0.450. The molecule has 0 aromatic heterocycles. The lowest BCUT2D eigenvalue weighted by Crippen LogP contribution is -2.55. The Morgan fingerprint density at radius 2 is 2.06 bits per heavy atom. The average Bonchev–Trinajstić information content (AvgIpc) is 2.18. The second-order valence-corrected chi connectivity index (χ2v) is 5.10. The Bertz CT molecular complexity index is 341. The Kier molecular flexibility index (Phi) is 4.58. The van der Waals surface area contributed by atoms with Crippen LogP contribution in [0.15, 0.2) is 12.0 Å². The van der Waals surface area contributed by atoms with Gasteiger partial charge in [-0.05, 0) is 20.8 Å². The zero-order valence-corrected chi connectivity index (χ0v) is 11.3. The molecule has 0 saturated carbocycles. The minimum absolute atomic E-state index is 0.0706. The Labute approximate surface area is 107 Å². The minimum Gasteiger partial charge on any atom is -0.484 e. The summed E-state index contributed by atoms with van der Waals surface area (Å²) in [7, 11) is 1.74. The van der Waals surface area contributed by atoms with Crippen molar-refractivity contribution in [3.05, 3.63) is 12.0 Å². The van der Waals surface area contributed by atoms with Crippen LogP contribution < -0.4 is 5.32 Å². The van der Waals surface area contributed by atoms with Crippen molar-refractivity contribution in [3.8, 4) is 0 Å². The first-order valence-electron chi connectivity index (χ1n) is 5.88. The number of hydrogen-bond acceptors (Lipinski definition) is 5. The molecule has 0 bridgehead atoms. The van der Waals surface area contributed by atoms with Crippen LogP contribution in [-0.2, 0) is 9.47 Å². The van der Waals surface area contributed by atoms with Crippen LogP contribution in [-0.4, -0.2) is 49.0 Å². The molecule has 6 heteroatoms. The van der Waals surface area contributed by atoms with Crippen LogP contribution in [0.25, 0.3) is 0 Å². The normalized spacial score (nSPS) is 16.9. The summed E-state index contributed by atoms with van der Waals surface area (Å²) in [6, 6.07) is 0. The molecule has 0 atom stereocenters. The van der Waals surface area contributed by atoms with E-state index in [1.807, 2.05) is 20.8 Å². The van der Waals surface area contributed by atoms with Gasteiger partial charge in [0.1, 0.15) is 11.7 Å². The van der Waals surface area contributed by atoms with E-state index >= 15 is 0 Å². The molecule has 0 aromatic carbocycles. The summed E-state index contributed by atoms with van der Waals surface area (Å²) in [6.45, 7) is 6.48. The van der Waals surface area contributed by atoms with Crippen molar-refractivity contribution in [1.29, 1.82) is 5.41 Å². The van der Waals surface area contributed by atoms with Gasteiger partial charge in [-0.3, -0.25) is 0 Å². The number of ether oxygens (including phenoxy) is 2. The number of amides is 1. The van der Waals surface area contributed by atoms with E-state index in [1.165, 1.54) is 0 Å². The first kappa shape index (κ1) is 14.3. The van der Waals surface area contributed by atoms with Gasteiger partial charge in [0.2, 0.25) is 0 Å². The highest BCUT2D eigenvalue weighted by Crippen LogP contribution is 2.18. The van der Waals surface area contributed by atoms with Crippen molar-refractivity contribution in [3.63, 3.8) is 0 Å². The molecule has 18 heavy (non-hydrogen) atoms. The van der Waals surface area contributed by atoms with Gasteiger partial charge in [-0.25, -0.2) is 4.79 Å². The fourth-order valence-electron chi connectivity index (χ4n) is 1.43. The van der Waals surface area contributed by atoms with Crippen molar-refractivity contribution < 1.29 is 14.3 Å². The predicted molar refractivity (Wildman–Crippen MR) is 68.6 cm³/mol. The molecule has 1 amide bonds. The summed E-state index contributed by atoms with van der Waals surface area (Å²) in [4.78, 5) is 13.2. The molecular weight excluding hydrogens is 234 g/mol. The van der Waals surface area contributed by atoms with Crippen LogP contribution in [0.1, 0.15) is 20.8 Å². The smallest absolute Gasteiger partial charge is 0.410 e. The van der Waals surface area contributed by atoms with E-state index in [-0.39, 0.29) is 12.2 Å². The van der Waals surface area contributed by atoms with Crippen molar-refractivity contribution in [2.75, 3.05) is 20.1 Å². The number of rotatable bonds is 4. The largest absolute Gasteiger partial charge is 0.484 e. The molecule has 1 aliphatic heterocycles. The summed E-state index contributed by atoms with van der Waals surface area (Å²) in [5, 5.41) is 9.94. The molecule has 102 valence electrons. The molecule has 2 N–H and O–H groups in total. The van der Waals surface area contributed by atoms with Gasteiger partial charge >= 0.3 is 6.09 Å². The number of carbonyl (C=O) groups is 1. The first-order chi connectivity index (χ1) is 8.35. The Hall–Kier alpha value is -1.72. The molecule has 1 saturated heterocycles. The highest BCUT2D eigenvalue weighted by atomic mass is 16.6. The highest BCUT2D eigenvalue weighted by Gasteiger charge is 2.35. The summed E-state index contributed by atoms with van der Waals surface area (Å²) in [6.07, 6.45) is 2.34. The maximum absolute atomic E-state index is 11.6. The third kappa shape index (κ3) is 4.27. The van der Waals surface area contributed by atoms with Crippen LogP contribution in [0.2, 0.25) is 0 Å². The summed E-state index contributed by atoms with van der Waals surface area (Å²) < 4.78 is 10.7. The molecule has 0 aliphatic carbocycles. The van der Waals surface area contributed by atoms with E-state index in [0.717, 1.165) is 6.21 Å². The van der Waals surface area contributed by atoms with Crippen molar-refractivity contribution >= 4 is 12.3 Å². The van der Waals surface area contributed by atoms with Gasteiger partial charge in [0.05, 0.1) is 19.3 Å². The highest BCUT2D eigenvalue weighted by molar-refractivity contribution is 5.73. The van der Waals surface area contributed by atoms with Gasteiger partial charge in [0, 0.05) is 13.2 Å². The molecule has 0 unspecified atom stereocenters. The molecule has 0 aromatic rings. The molecule has 6 nitrogen and oxygen atoms in total. The molecule has 1 fully saturated rings. The van der Waals surface area contributed by atoms with Gasteiger partial charge in [-0.1, -0.05) is 0 Å². The van der Waals surface area contributed by atoms with Gasteiger partial charge < -0.3 is 25.1 Å². The van der Waals surface area contributed by atoms with Crippen LogP contribution >= 0.6 is 0 Å². The lowest BCUT2D eigenvalue weighted by atomic mass is 10.1. The zero-order valence-electron chi connectivity index (χ0n) is 11.3. The van der Waals surface area contributed by atoms with E-state index in [0.29, 0.717) is 18.8 Å². The molecule has 1 heterocycles. The van der Waals surface area contributed by atoms with Crippen LogP contribution in [0.5, 0.6) is 0 Å². The molecular formula is C12H21N3O3. The standard InChI is InChI=1S/C12H21N3O3/c1-12(2,3)18-11(16)15-7-10(8-15)17-9(5-13)6-14-4/h5-6,10,13-14H,7-8H2,1-4H3/b9-6+,13-5?. The number of nitrogens with one attached hydrogen (secondary N) is 2. The molecule has 0 spiro atoms. The zero-order chi connectivity index (χ0) is 13.8. The number of nitrogens with zero attached hydrogens (tertiary/aromatic N) is 1. The Balaban J connectivity index is 2.34. The van der Waals surface area contributed by atoms with Gasteiger partial charge in [-0.2, -0.15) is 0 Å². The van der Waals surface area contributed by atoms with Gasteiger partial charge in [0.15, 0.2) is 5.76 Å². The summed E-state index contributed by atoms with van der Waals surface area (Å²) in [5.41, 5.74) is -0.477. The second kappa shape index (κ2) is 5.75. The van der Waals surface area contributed by atoms with Crippen LogP contribution in [0.3, 0.4) is 0 Å². The third-order valence-electron chi connectivity index (χ3n) is 2.23. The number of carbonyl (C=O) groups excluding carboxylic acids is 1. The third-order valence-corrected chi connectivity index (χ3v) is 2.23. The second-order valence-electron chi connectivity index (χ2n) is 5.10. The van der Waals surface area contributed by atoms with E-state index < -0.39 is 5.60 Å². The lowest BCUT2D eigenvalue weighted by molar-refractivity contribution is -0.0384. The molecule has 0 radical (unpaired) electrons. The van der Waals surface area contributed by atoms with E-state index in [2.05, 4.69) is 5.32 Å². The van der Waals surface area contributed by atoms with E-state index in [1.54, 1.807) is 18.1 Å². The Morgan fingerprint density at radius 1 is 1.44 bits per heavy atom. The van der Waals surface area contributed by atoms with Crippen molar-refractivity contribution in [2.24, 2.45) is 0 Å². The van der Waals surface area contributed by atoms with Crippen molar-refractivity contribution in [2.45, 2.75) is 32.5 Å². The number of allylic oxidation sites excluding steroid dienone is 1. The van der Waals surface area contributed by atoms with Crippen LogP contribution in [0.4, 0.5) is 4.79 Å².